The lowest BCUT2D eigenvalue weighted by molar-refractivity contribution is -0.188. The first-order valence-corrected chi connectivity index (χ1v) is 8.38. The molecule has 2 N–H and O–H groups in total. The molecule has 0 radical (unpaired) electrons. The summed E-state index contributed by atoms with van der Waals surface area (Å²) in [7, 11) is 0. The fourth-order valence-corrected chi connectivity index (χ4v) is 5.02. The summed E-state index contributed by atoms with van der Waals surface area (Å²) in [6.45, 7) is 6.76. The molecule has 2 atom stereocenters. The van der Waals surface area contributed by atoms with Crippen molar-refractivity contribution >= 4 is 11.8 Å². The molecule has 2 aliphatic rings. The summed E-state index contributed by atoms with van der Waals surface area (Å²) in [5.74, 6) is -1.13. The Morgan fingerprint density at radius 1 is 1.15 bits per heavy atom. The first-order chi connectivity index (χ1) is 9.27. The monoisotopic (exact) mass is 310 g/mol. The highest BCUT2D eigenvalue weighted by Crippen LogP contribution is 2.44. The minimum absolute atomic E-state index is 0.203. The SMILES string of the molecule is CC1CN(C2(CN)CCC(C(F)(F)F)CC2)CC(C)S1. The predicted molar refractivity (Wildman–Crippen MR) is 77.9 cm³/mol. The Balaban J connectivity index is 2.04. The average molecular weight is 310 g/mol. The molecule has 0 aromatic rings. The maximum absolute atomic E-state index is 12.8. The number of thioether (sulfide) groups is 1. The van der Waals surface area contributed by atoms with Gasteiger partial charge in [0.25, 0.3) is 0 Å². The summed E-state index contributed by atoms with van der Waals surface area (Å²) >= 11 is 1.96. The van der Waals surface area contributed by atoms with Gasteiger partial charge in [0.1, 0.15) is 0 Å². The third kappa shape index (κ3) is 3.45. The van der Waals surface area contributed by atoms with E-state index in [4.69, 9.17) is 5.73 Å². The van der Waals surface area contributed by atoms with Gasteiger partial charge < -0.3 is 5.73 Å². The smallest absolute Gasteiger partial charge is 0.329 e. The largest absolute Gasteiger partial charge is 0.391 e. The van der Waals surface area contributed by atoms with E-state index in [2.05, 4.69) is 18.7 Å². The van der Waals surface area contributed by atoms with E-state index in [0.717, 1.165) is 13.1 Å². The van der Waals surface area contributed by atoms with Crippen LogP contribution in [0.15, 0.2) is 0 Å². The standard InChI is InChI=1S/C14H25F3N2S/c1-10-7-19(8-11(2)20-10)13(9-18)5-3-12(4-6-13)14(15,16)17/h10-12H,3-9,18H2,1-2H3. The fraction of sp³-hybridized carbons (Fsp3) is 1.00. The van der Waals surface area contributed by atoms with Gasteiger partial charge in [-0.1, -0.05) is 13.8 Å². The quantitative estimate of drug-likeness (QED) is 0.849. The molecule has 2 fully saturated rings. The van der Waals surface area contributed by atoms with E-state index < -0.39 is 12.1 Å². The first kappa shape index (κ1) is 16.4. The summed E-state index contributed by atoms with van der Waals surface area (Å²) < 4.78 is 38.4. The summed E-state index contributed by atoms with van der Waals surface area (Å²) in [6.07, 6.45) is -2.42. The van der Waals surface area contributed by atoms with Crippen molar-refractivity contribution in [1.82, 2.24) is 4.90 Å². The summed E-state index contributed by atoms with van der Waals surface area (Å²) in [6, 6.07) is 0. The van der Waals surface area contributed by atoms with Gasteiger partial charge in [-0.3, -0.25) is 4.90 Å². The van der Waals surface area contributed by atoms with Gasteiger partial charge in [0, 0.05) is 35.7 Å². The third-order valence-corrected chi connectivity index (χ3v) is 6.08. The van der Waals surface area contributed by atoms with Gasteiger partial charge in [-0.05, 0) is 25.7 Å². The van der Waals surface area contributed by atoms with Crippen LogP contribution in [0.3, 0.4) is 0 Å². The summed E-state index contributed by atoms with van der Waals surface area (Å²) in [5, 5.41) is 1.06. The Kier molecular flexibility index (Phi) is 4.97. The lowest BCUT2D eigenvalue weighted by atomic mass is 9.75. The molecule has 118 valence electrons. The van der Waals surface area contributed by atoms with Crippen molar-refractivity contribution in [3.05, 3.63) is 0 Å². The maximum Gasteiger partial charge on any atom is 0.391 e. The van der Waals surface area contributed by atoms with E-state index in [9.17, 15) is 13.2 Å². The highest BCUT2D eigenvalue weighted by molar-refractivity contribution is 8.00. The van der Waals surface area contributed by atoms with Crippen LogP contribution in [0.4, 0.5) is 13.2 Å². The van der Waals surface area contributed by atoms with Crippen LogP contribution in [0.25, 0.3) is 0 Å². The number of nitrogens with two attached hydrogens (primary N) is 1. The topological polar surface area (TPSA) is 29.3 Å². The number of nitrogens with zero attached hydrogens (tertiary/aromatic N) is 1. The normalized spacial score (nSPS) is 40.8. The number of hydrogen-bond donors (Lipinski definition) is 1. The van der Waals surface area contributed by atoms with Gasteiger partial charge in [0.15, 0.2) is 0 Å². The molecule has 20 heavy (non-hydrogen) atoms. The zero-order chi connectivity index (χ0) is 15.0. The van der Waals surface area contributed by atoms with Gasteiger partial charge in [-0.15, -0.1) is 0 Å². The third-order valence-electron chi connectivity index (χ3n) is 4.85. The Labute approximate surface area is 123 Å². The number of halogens is 3. The van der Waals surface area contributed by atoms with Gasteiger partial charge in [0.2, 0.25) is 0 Å². The zero-order valence-electron chi connectivity index (χ0n) is 12.2. The van der Waals surface area contributed by atoms with E-state index in [1.165, 1.54) is 0 Å². The van der Waals surface area contributed by atoms with Gasteiger partial charge in [0.05, 0.1) is 5.92 Å². The molecule has 1 aliphatic heterocycles. The molecule has 2 nitrogen and oxygen atoms in total. The molecule has 0 aromatic heterocycles. The molecule has 0 bridgehead atoms. The second-order valence-electron chi connectivity index (χ2n) is 6.41. The van der Waals surface area contributed by atoms with Crippen LogP contribution in [0.2, 0.25) is 0 Å². The minimum Gasteiger partial charge on any atom is -0.329 e. The Hall–Kier alpha value is 0.0600. The molecule has 2 rings (SSSR count). The summed E-state index contributed by atoms with van der Waals surface area (Å²) in [5.41, 5.74) is 5.78. The van der Waals surface area contributed by atoms with E-state index in [1.807, 2.05) is 11.8 Å². The number of hydrogen-bond acceptors (Lipinski definition) is 3. The molecule has 1 heterocycles. The van der Waals surface area contributed by atoms with Crippen LogP contribution in [0.5, 0.6) is 0 Å². The van der Waals surface area contributed by atoms with Crippen LogP contribution in [0.1, 0.15) is 39.5 Å². The first-order valence-electron chi connectivity index (χ1n) is 7.44. The minimum atomic E-state index is -4.04. The molecule has 0 aromatic carbocycles. The molecule has 1 saturated carbocycles. The van der Waals surface area contributed by atoms with Crippen LogP contribution in [-0.4, -0.2) is 46.7 Å². The van der Waals surface area contributed by atoms with Crippen molar-refractivity contribution in [3.63, 3.8) is 0 Å². The van der Waals surface area contributed by atoms with Crippen LogP contribution < -0.4 is 5.73 Å². The highest BCUT2D eigenvalue weighted by Gasteiger charge is 2.48. The van der Waals surface area contributed by atoms with Crippen molar-refractivity contribution in [2.24, 2.45) is 11.7 Å². The lowest BCUT2D eigenvalue weighted by Gasteiger charge is -2.51. The zero-order valence-corrected chi connectivity index (χ0v) is 13.1. The molecule has 1 saturated heterocycles. The van der Waals surface area contributed by atoms with Crippen LogP contribution >= 0.6 is 11.8 Å². The second kappa shape index (κ2) is 6.05. The average Bonchev–Trinajstić information content (AvgIpc) is 2.36. The van der Waals surface area contributed by atoms with Gasteiger partial charge >= 0.3 is 6.18 Å². The maximum atomic E-state index is 12.8. The van der Waals surface area contributed by atoms with Crippen molar-refractivity contribution in [1.29, 1.82) is 0 Å². The van der Waals surface area contributed by atoms with Crippen LogP contribution in [-0.2, 0) is 0 Å². The van der Waals surface area contributed by atoms with E-state index in [0.29, 0.717) is 29.9 Å². The molecule has 1 aliphatic carbocycles. The molecule has 0 amide bonds. The molecule has 6 heteroatoms. The Bertz CT molecular complexity index is 317. The van der Waals surface area contributed by atoms with Crippen molar-refractivity contribution in [2.45, 2.75) is 61.7 Å². The van der Waals surface area contributed by atoms with E-state index in [-0.39, 0.29) is 18.4 Å². The molecule has 0 spiro atoms. The predicted octanol–water partition coefficient (Wildman–Crippen LogP) is 3.26. The number of alkyl halides is 3. The molecular weight excluding hydrogens is 285 g/mol. The highest BCUT2D eigenvalue weighted by atomic mass is 32.2. The summed E-state index contributed by atoms with van der Waals surface area (Å²) in [4.78, 5) is 2.38. The van der Waals surface area contributed by atoms with Crippen molar-refractivity contribution < 1.29 is 13.2 Å². The van der Waals surface area contributed by atoms with Gasteiger partial charge in [-0.25, -0.2) is 0 Å². The lowest BCUT2D eigenvalue weighted by Crippen LogP contribution is -2.60. The van der Waals surface area contributed by atoms with E-state index in [1.54, 1.807) is 0 Å². The number of rotatable bonds is 2. The van der Waals surface area contributed by atoms with Crippen LogP contribution in [0, 0.1) is 5.92 Å². The van der Waals surface area contributed by atoms with Crippen molar-refractivity contribution in [3.8, 4) is 0 Å². The Morgan fingerprint density at radius 3 is 2.05 bits per heavy atom. The second-order valence-corrected chi connectivity index (χ2v) is 8.29. The van der Waals surface area contributed by atoms with Crippen molar-refractivity contribution in [2.75, 3.05) is 19.6 Å². The van der Waals surface area contributed by atoms with E-state index >= 15 is 0 Å². The molecule has 2 unspecified atom stereocenters. The molecular formula is C14H25F3N2S. The van der Waals surface area contributed by atoms with Gasteiger partial charge in [-0.2, -0.15) is 24.9 Å². The fourth-order valence-electron chi connectivity index (χ4n) is 3.70. The Morgan fingerprint density at radius 2 is 1.65 bits per heavy atom.